The number of hydrogen-bond acceptors (Lipinski definition) is 3. The number of nitrogens with one attached hydrogen (secondary N) is 1. The standard InChI is InChI=1S/C14H18N2O5/c1-2-5-10-6-3-4-7-11(10)15-14(21)16(8-12(17)18)9-13(19)20/h3-4,6-7H,2,5,8-9H2,1H3,(H,15,21)(H,17,18)(H,19,20). The summed E-state index contributed by atoms with van der Waals surface area (Å²) in [5.74, 6) is -2.54. The molecule has 0 spiro atoms. The molecule has 0 aliphatic carbocycles. The van der Waals surface area contributed by atoms with Gasteiger partial charge >= 0.3 is 18.0 Å². The molecule has 3 N–H and O–H groups in total. The van der Waals surface area contributed by atoms with Gasteiger partial charge in [0.25, 0.3) is 0 Å². The summed E-state index contributed by atoms with van der Waals surface area (Å²) in [5, 5.41) is 20.0. The summed E-state index contributed by atoms with van der Waals surface area (Å²) in [5.41, 5.74) is 1.48. The highest BCUT2D eigenvalue weighted by Gasteiger charge is 2.20. The highest BCUT2D eigenvalue weighted by Crippen LogP contribution is 2.17. The Bertz CT molecular complexity index is 514. The average molecular weight is 294 g/mol. The molecule has 0 fully saturated rings. The van der Waals surface area contributed by atoms with Crippen LogP contribution in [0.5, 0.6) is 0 Å². The Balaban J connectivity index is 2.85. The fourth-order valence-corrected chi connectivity index (χ4v) is 1.85. The third-order valence-corrected chi connectivity index (χ3v) is 2.72. The first-order chi connectivity index (χ1) is 9.93. The zero-order valence-corrected chi connectivity index (χ0v) is 11.7. The Hall–Kier alpha value is -2.57. The SMILES string of the molecule is CCCc1ccccc1NC(=O)N(CC(=O)O)CC(=O)O. The molecule has 0 aromatic heterocycles. The molecule has 1 aromatic rings. The van der Waals surface area contributed by atoms with E-state index in [-0.39, 0.29) is 0 Å². The molecule has 0 bridgehead atoms. The van der Waals surface area contributed by atoms with Gasteiger partial charge in [-0.3, -0.25) is 9.59 Å². The summed E-state index contributed by atoms with van der Waals surface area (Å²) < 4.78 is 0. The maximum Gasteiger partial charge on any atom is 0.323 e. The van der Waals surface area contributed by atoms with Gasteiger partial charge in [0.2, 0.25) is 0 Å². The number of carbonyl (C=O) groups is 3. The van der Waals surface area contributed by atoms with Gasteiger partial charge in [-0.05, 0) is 18.1 Å². The lowest BCUT2D eigenvalue weighted by Crippen LogP contribution is -2.42. The Morgan fingerprint density at radius 3 is 2.19 bits per heavy atom. The smallest absolute Gasteiger partial charge is 0.323 e. The van der Waals surface area contributed by atoms with Crippen LogP contribution in [0.4, 0.5) is 10.5 Å². The Morgan fingerprint density at radius 2 is 1.67 bits per heavy atom. The van der Waals surface area contributed by atoms with E-state index < -0.39 is 31.1 Å². The van der Waals surface area contributed by atoms with Gasteiger partial charge in [-0.1, -0.05) is 31.5 Å². The number of para-hydroxylation sites is 1. The summed E-state index contributed by atoms with van der Waals surface area (Å²) in [4.78, 5) is 34.2. The first-order valence-electron chi connectivity index (χ1n) is 6.51. The van der Waals surface area contributed by atoms with Gasteiger partial charge in [0.15, 0.2) is 0 Å². The van der Waals surface area contributed by atoms with Crippen LogP contribution in [0, 0.1) is 0 Å². The number of anilines is 1. The summed E-state index contributed by atoms with van der Waals surface area (Å²) in [6.45, 7) is 0.655. The molecular weight excluding hydrogens is 276 g/mol. The van der Waals surface area contributed by atoms with Crippen molar-refractivity contribution < 1.29 is 24.6 Å². The van der Waals surface area contributed by atoms with Crippen molar-refractivity contribution in [1.29, 1.82) is 0 Å². The number of nitrogens with zero attached hydrogens (tertiary/aromatic N) is 1. The lowest BCUT2D eigenvalue weighted by Gasteiger charge is -2.20. The Labute approximate surface area is 122 Å². The second kappa shape index (κ2) is 7.88. The summed E-state index contributed by atoms with van der Waals surface area (Å²) in [6, 6.07) is 6.39. The van der Waals surface area contributed by atoms with Crippen molar-refractivity contribution >= 4 is 23.7 Å². The first-order valence-corrected chi connectivity index (χ1v) is 6.51. The summed E-state index contributed by atoms with van der Waals surface area (Å²) in [7, 11) is 0. The van der Waals surface area contributed by atoms with Gasteiger partial charge in [0.1, 0.15) is 13.1 Å². The van der Waals surface area contributed by atoms with Crippen LogP contribution in [0.3, 0.4) is 0 Å². The fraction of sp³-hybridized carbons (Fsp3) is 0.357. The van der Waals surface area contributed by atoms with Crippen LogP contribution in [0.1, 0.15) is 18.9 Å². The minimum atomic E-state index is -1.27. The lowest BCUT2D eigenvalue weighted by atomic mass is 10.1. The number of rotatable bonds is 7. The maximum atomic E-state index is 12.0. The van der Waals surface area contributed by atoms with E-state index >= 15 is 0 Å². The molecule has 0 unspecified atom stereocenters. The molecule has 0 radical (unpaired) electrons. The van der Waals surface area contributed by atoms with Crippen molar-refractivity contribution in [2.45, 2.75) is 19.8 Å². The molecule has 7 heteroatoms. The normalized spacial score (nSPS) is 9.95. The van der Waals surface area contributed by atoms with Crippen LogP contribution in [-0.2, 0) is 16.0 Å². The van der Waals surface area contributed by atoms with E-state index in [0.29, 0.717) is 5.69 Å². The average Bonchev–Trinajstić information content (AvgIpc) is 2.39. The fourth-order valence-electron chi connectivity index (χ4n) is 1.85. The zero-order valence-electron chi connectivity index (χ0n) is 11.7. The third-order valence-electron chi connectivity index (χ3n) is 2.72. The highest BCUT2D eigenvalue weighted by molar-refractivity contribution is 5.93. The molecular formula is C14H18N2O5. The molecule has 0 aliphatic heterocycles. The van der Waals surface area contributed by atoms with Gasteiger partial charge in [-0.2, -0.15) is 0 Å². The molecule has 0 saturated heterocycles. The number of urea groups is 1. The van der Waals surface area contributed by atoms with Gasteiger partial charge < -0.3 is 20.4 Å². The minimum Gasteiger partial charge on any atom is -0.480 e. The van der Waals surface area contributed by atoms with E-state index in [4.69, 9.17) is 10.2 Å². The van der Waals surface area contributed by atoms with E-state index in [9.17, 15) is 14.4 Å². The van der Waals surface area contributed by atoms with E-state index in [1.807, 2.05) is 19.1 Å². The molecule has 0 aliphatic rings. The van der Waals surface area contributed by atoms with Gasteiger partial charge in [-0.15, -0.1) is 0 Å². The molecule has 1 aromatic carbocycles. The number of carboxylic acids is 2. The lowest BCUT2D eigenvalue weighted by molar-refractivity contribution is -0.140. The quantitative estimate of drug-likeness (QED) is 0.708. The van der Waals surface area contributed by atoms with Crippen LogP contribution in [0.2, 0.25) is 0 Å². The number of aliphatic carboxylic acids is 2. The summed E-state index contributed by atoms with van der Waals surface area (Å²) >= 11 is 0. The zero-order chi connectivity index (χ0) is 15.8. The van der Waals surface area contributed by atoms with Crippen molar-refractivity contribution in [2.75, 3.05) is 18.4 Å². The van der Waals surface area contributed by atoms with Crippen LogP contribution < -0.4 is 5.32 Å². The Morgan fingerprint density at radius 1 is 1.10 bits per heavy atom. The predicted octanol–water partition coefficient (Wildman–Crippen LogP) is 1.64. The predicted molar refractivity (Wildman–Crippen MR) is 76.3 cm³/mol. The van der Waals surface area contributed by atoms with Crippen molar-refractivity contribution in [3.8, 4) is 0 Å². The topological polar surface area (TPSA) is 107 Å². The molecule has 7 nitrogen and oxygen atoms in total. The molecule has 1 rings (SSSR count). The van der Waals surface area contributed by atoms with E-state index in [0.717, 1.165) is 23.3 Å². The molecule has 0 saturated carbocycles. The van der Waals surface area contributed by atoms with Crippen LogP contribution in [0.15, 0.2) is 24.3 Å². The maximum absolute atomic E-state index is 12.0. The molecule has 2 amide bonds. The van der Waals surface area contributed by atoms with Crippen molar-refractivity contribution in [2.24, 2.45) is 0 Å². The largest absolute Gasteiger partial charge is 0.480 e. The molecule has 21 heavy (non-hydrogen) atoms. The Kier molecular flexibility index (Phi) is 6.19. The number of hydrogen-bond donors (Lipinski definition) is 3. The van der Waals surface area contributed by atoms with Gasteiger partial charge in [0, 0.05) is 5.69 Å². The number of amides is 2. The highest BCUT2D eigenvalue weighted by atomic mass is 16.4. The van der Waals surface area contributed by atoms with Crippen LogP contribution in [-0.4, -0.2) is 46.2 Å². The van der Waals surface area contributed by atoms with E-state index in [2.05, 4.69) is 5.32 Å². The number of benzene rings is 1. The molecule has 0 atom stereocenters. The van der Waals surface area contributed by atoms with Crippen molar-refractivity contribution in [3.63, 3.8) is 0 Å². The van der Waals surface area contributed by atoms with E-state index in [1.165, 1.54) is 0 Å². The number of carbonyl (C=O) groups excluding carboxylic acids is 1. The van der Waals surface area contributed by atoms with Crippen LogP contribution in [0.25, 0.3) is 0 Å². The van der Waals surface area contributed by atoms with E-state index in [1.54, 1.807) is 12.1 Å². The van der Waals surface area contributed by atoms with Crippen molar-refractivity contribution in [1.82, 2.24) is 4.90 Å². The van der Waals surface area contributed by atoms with Crippen molar-refractivity contribution in [3.05, 3.63) is 29.8 Å². The second-order valence-corrected chi connectivity index (χ2v) is 4.48. The number of aryl methyl sites for hydroxylation is 1. The van der Waals surface area contributed by atoms with Crippen LogP contribution >= 0.6 is 0 Å². The van der Waals surface area contributed by atoms with Gasteiger partial charge in [-0.25, -0.2) is 4.79 Å². The monoisotopic (exact) mass is 294 g/mol. The molecule has 114 valence electrons. The second-order valence-electron chi connectivity index (χ2n) is 4.48. The minimum absolute atomic E-state index is 0.560. The summed E-state index contributed by atoms with van der Waals surface area (Å²) in [6.07, 6.45) is 1.65. The first kappa shape index (κ1) is 16.5. The number of carboxylic acid groups (broad SMARTS) is 2. The van der Waals surface area contributed by atoms with Gasteiger partial charge in [0.05, 0.1) is 0 Å². The third kappa shape index (κ3) is 5.52. The molecule has 0 heterocycles.